The highest BCUT2D eigenvalue weighted by Crippen LogP contribution is 2.43. The molecule has 4 heterocycles. The fourth-order valence-corrected chi connectivity index (χ4v) is 20.7. The maximum absolute atomic E-state index is 14.1. The first kappa shape index (κ1) is 94.2. The number of fused-ring (bicyclic) bond motifs is 12. The standard InChI is InChI=1S/C27H25F5N4O.C27H28F2N4O.C27H29IN4O.C26H28N4O/c28-21-17(22(29)24(31)25(32)23(21)30)12-20(37)36-27-19(10-13-4-2-1-3-5-13)34-26-16-8-7-15(33)11-14(16)6-9-18(26)35-27;28-21-10-6-17(12-22(21)29)14-25(34)33-27-24(13-16-4-2-1-3-5-16)31-26-20-9-8-19(30)15-18(20)7-11-23(26)32-27;28-20-9-6-18(7-10-20)15-25(33)32-27-24(14-17-4-2-1-3-5-17)30-26-22-12-11-21(29)16-19(22)8-13-23(26)31-27;27-20-12-13-21-19(16-20)11-14-22-24(21)28-23(15-17-7-3-1-4-8-17)25(29-22)30-26(31)18-9-5-2-6-10-18/h7-8,11,13H,1-6,9-10,12,33H2,(H,35,36,37);6,8-10,12,15-16H,1-5,7,11,13-14,30H2,(H,32,33,34);6-7,9-12,16-17H,1-5,8,13-15,29H2,(H,31,32,33);2,5-6,9-10,12-13,16-17H,1,3-4,7-8,11,14-15,27H2,(H,29,30,31). The van der Waals surface area contributed by atoms with Crippen LogP contribution in [0.4, 0.5) is 76.8 Å². The summed E-state index contributed by atoms with van der Waals surface area (Å²) in [6.07, 6.45) is 32.3. The van der Waals surface area contributed by atoms with Crippen molar-refractivity contribution in [2.45, 2.75) is 225 Å². The third-order valence-corrected chi connectivity index (χ3v) is 28.1. The van der Waals surface area contributed by atoms with E-state index in [0.717, 1.165) is 214 Å². The number of rotatable bonds is 19. The van der Waals surface area contributed by atoms with Crippen molar-refractivity contribution >= 4 is 92.2 Å². The van der Waals surface area contributed by atoms with Crippen molar-refractivity contribution in [1.29, 1.82) is 0 Å². The van der Waals surface area contributed by atoms with Gasteiger partial charge in [-0.05, 0) is 242 Å². The zero-order chi connectivity index (χ0) is 93.9. The highest BCUT2D eigenvalue weighted by molar-refractivity contribution is 14.1. The molecule has 135 heavy (non-hydrogen) atoms. The molecule has 28 heteroatoms. The van der Waals surface area contributed by atoms with Gasteiger partial charge in [0.05, 0.1) is 87.6 Å². The number of aromatic nitrogens is 8. The molecule has 0 saturated heterocycles. The summed E-state index contributed by atoms with van der Waals surface area (Å²) in [6.45, 7) is 0. The third kappa shape index (κ3) is 23.0. The van der Waals surface area contributed by atoms with E-state index in [4.69, 9.17) is 57.8 Å². The molecule has 4 amide bonds. The van der Waals surface area contributed by atoms with Crippen molar-refractivity contribution in [3.63, 3.8) is 0 Å². The van der Waals surface area contributed by atoms with Crippen LogP contribution in [0.15, 0.2) is 146 Å². The molecule has 4 saturated carbocycles. The van der Waals surface area contributed by atoms with Gasteiger partial charge in [0.2, 0.25) is 23.5 Å². The molecular formula is C107H110F7IN16O4. The van der Waals surface area contributed by atoms with Crippen molar-refractivity contribution in [3.05, 3.63) is 280 Å². The van der Waals surface area contributed by atoms with Gasteiger partial charge in [-0.1, -0.05) is 189 Å². The van der Waals surface area contributed by atoms with Crippen LogP contribution in [-0.4, -0.2) is 63.5 Å². The molecule has 12 aromatic rings. The maximum Gasteiger partial charge on any atom is 0.256 e. The number of carbonyl (C=O) groups excluding carboxylic acids is 4. The lowest BCUT2D eigenvalue weighted by Gasteiger charge is -2.25. The summed E-state index contributed by atoms with van der Waals surface area (Å²) in [7, 11) is 0. The summed E-state index contributed by atoms with van der Waals surface area (Å²) >= 11 is 2.28. The lowest BCUT2D eigenvalue weighted by Crippen LogP contribution is -2.22. The minimum Gasteiger partial charge on any atom is -0.399 e. The van der Waals surface area contributed by atoms with Gasteiger partial charge < -0.3 is 44.2 Å². The fourth-order valence-electron chi connectivity index (χ4n) is 20.3. The minimum absolute atomic E-state index is 0.0423. The van der Waals surface area contributed by atoms with Gasteiger partial charge in [-0.15, -0.1) is 0 Å². The summed E-state index contributed by atoms with van der Waals surface area (Å²) in [6, 6.07) is 44.4. The van der Waals surface area contributed by atoms with Crippen LogP contribution in [0.1, 0.15) is 223 Å². The Morgan fingerprint density at radius 1 is 0.311 bits per heavy atom. The molecule has 4 fully saturated rings. The van der Waals surface area contributed by atoms with E-state index < -0.39 is 58.6 Å². The number of nitrogen functional groups attached to an aromatic ring is 4. The summed E-state index contributed by atoms with van der Waals surface area (Å²) in [5, 5.41) is 11.6. The SMILES string of the molecule is Nc1ccc2c(c1)CCc1nc(NC(=O)Cc3c(F)c(F)c(F)c(F)c3F)c(CC3CCCCC3)nc1-2.Nc1ccc2c(c1)CCc1nc(NC(=O)Cc3ccc(F)c(F)c3)c(CC3CCCCC3)nc1-2.Nc1ccc2c(c1)CCc1nc(NC(=O)Cc3ccc(I)cc3)c(CC3CCCCC3)nc1-2.Nc1ccc2c(c1)CCc1nc(NC(=O)c3ccccc3)c(CC3CCCCC3)nc1-2. The Morgan fingerprint density at radius 3 is 0.948 bits per heavy atom. The Bertz CT molecular complexity index is 6410. The molecule has 0 atom stereocenters. The molecule has 8 aliphatic rings. The van der Waals surface area contributed by atoms with Crippen molar-refractivity contribution in [1.82, 2.24) is 39.9 Å². The number of nitrogens with two attached hydrogens (primary N) is 4. The normalized spacial score (nSPS) is 15.5. The molecule has 4 aromatic heterocycles. The average Bonchev–Trinajstić information content (AvgIpc) is 0.771. The predicted octanol–water partition coefficient (Wildman–Crippen LogP) is 22.2. The van der Waals surface area contributed by atoms with E-state index in [0.29, 0.717) is 107 Å². The molecule has 0 aliphatic heterocycles. The molecule has 698 valence electrons. The first-order chi connectivity index (χ1) is 65.4. The van der Waals surface area contributed by atoms with Gasteiger partial charge >= 0.3 is 0 Å². The van der Waals surface area contributed by atoms with E-state index in [1.165, 1.54) is 106 Å². The number of halogens is 8. The van der Waals surface area contributed by atoms with Crippen molar-refractivity contribution < 1.29 is 49.9 Å². The lowest BCUT2D eigenvalue weighted by molar-refractivity contribution is -0.116. The van der Waals surface area contributed by atoms with Crippen LogP contribution >= 0.6 is 22.6 Å². The molecule has 0 spiro atoms. The zero-order valence-corrected chi connectivity index (χ0v) is 77.6. The van der Waals surface area contributed by atoms with E-state index in [2.05, 4.69) is 67.0 Å². The van der Waals surface area contributed by atoms with E-state index in [9.17, 15) is 49.9 Å². The molecule has 20 rings (SSSR count). The maximum atomic E-state index is 14.1. The summed E-state index contributed by atoms with van der Waals surface area (Å²) < 4.78 is 96.9. The first-order valence-corrected chi connectivity index (χ1v) is 48.6. The average molecular weight is 1940 g/mol. The van der Waals surface area contributed by atoms with Crippen molar-refractivity contribution in [2.24, 2.45) is 23.7 Å². The van der Waals surface area contributed by atoms with Gasteiger partial charge in [-0.3, -0.25) is 19.2 Å². The van der Waals surface area contributed by atoms with Crippen LogP contribution in [0.25, 0.3) is 45.0 Å². The van der Waals surface area contributed by atoms with E-state index in [-0.39, 0.29) is 30.0 Å². The van der Waals surface area contributed by atoms with Crippen LogP contribution in [0.2, 0.25) is 0 Å². The number of carbonyl (C=O) groups is 4. The number of hydrogen-bond donors (Lipinski definition) is 8. The number of aryl methyl sites for hydroxylation is 8. The zero-order valence-electron chi connectivity index (χ0n) is 75.5. The number of amides is 4. The lowest BCUT2D eigenvalue weighted by atomic mass is 9.85. The second-order valence-corrected chi connectivity index (χ2v) is 38.4. The van der Waals surface area contributed by atoms with Crippen molar-refractivity contribution in [3.8, 4) is 45.0 Å². The van der Waals surface area contributed by atoms with Gasteiger partial charge in [0, 0.05) is 59.7 Å². The van der Waals surface area contributed by atoms with Crippen molar-refractivity contribution in [2.75, 3.05) is 44.2 Å². The Hall–Kier alpha value is -12.6. The Kier molecular flexibility index (Phi) is 30.0. The van der Waals surface area contributed by atoms with Gasteiger partial charge in [0.15, 0.2) is 58.2 Å². The topological polar surface area (TPSA) is 324 Å². The Morgan fingerprint density at radius 2 is 0.615 bits per heavy atom. The summed E-state index contributed by atoms with van der Waals surface area (Å²) in [5.74, 6) is -9.89. The molecule has 12 N–H and O–H groups in total. The summed E-state index contributed by atoms with van der Waals surface area (Å²) in [5.41, 5.74) is 46.6. The van der Waals surface area contributed by atoms with Crippen LogP contribution in [0.3, 0.4) is 0 Å². The third-order valence-electron chi connectivity index (χ3n) is 27.4. The van der Waals surface area contributed by atoms with Crippen LogP contribution in [-0.2, 0) is 111 Å². The molecule has 20 nitrogen and oxygen atoms in total. The largest absolute Gasteiger partial charge is 0.399 e. The second kappa shape index (κ2) is 43.0. The molecule has 8 aromatic carbocycles. The molecule has 0 radical (unpaired) electrons. The molecule has 8 aliphatic carbocycles. The fraction of sp³-hybridized carbons (Fsp3) is 0.364. The molecular weight excluding hydrogens is 1830 g/mol. The summed E-state index contributed by atoms with van der Waals surface area (Å²) in [4.78, 5) is 91.0. The Balaban J connectivity index is 0.000000125. The van der Waals surface area contributed by atoms with Gasteiger partial charge in [0.25, 0.3) is 5.91 Å². The molecule has 0 unspecified atom stereocenters. The van der Waals surface area contributed by atoms with Crippen LogP contribution < -0.4 is 44.2 Å². The second-order valence-electron chi connectivity index (χ2n) is 37.2. The minimum atomic E-state index is -2.27. The number of anilines is 8. The monoisotopic (exact) mass is 1940 g/mol. The quantitative estimate of drug-likeness (QED) is 0.0123. The van der Waals surface area contributed by atoms with Gasteiger partial charge in [0.1, 0.15) is 0 Å². The molecule has 0 bridgehead atoms. The highest BCUT2D eigenvalue weighted by Gasteiger charge is 2.34. The van der Waals surface area contributed by atoms with Crippen LogP contribution in [0.5, 0.6) is 0 Å². The van der Waals surface area contributed by atoms with E-state index in [1.54, 1.807) is 6.07 Å². The highest BCUT2D eigenvalue weighted by atomic mass is 127. The van der Waals surface area contributed by atoms with E-state index >= 15 is 0 Å². The van der Waals surface area contributed by atoms with Gasteiger partial charge in [-0.2, -0.15) is 0 Å². The van der Waals surface area contributed by atoms with E-state index in [1.807, 2.05) is 103 Å². The number of nitrogens with one attached hydrogen (secondary N) is 4. The predicted molar refractivity (Wildman–Crippen MR) is 521 cm³/mol. The smallest absolute Gasteiger partial charge is 0.256 e. The Labute approximate surface area is 794 Å². The first-order valence-electron chi connectivity index (χ1n) is 47.5. The van der Waals surface area contributed by atoms with Crippen LogP contribution in [0, 0.1) is 68.0 Å². The number of hydrogen-bond acceptors (Lipinski definition) is 16. The number of benzene rings is 8. The number of nitrogens with zero attached hydrogens (tertiary/aromatic N) is 8. The van der Waals surface area contributed by atoms with Gasteiger partial charge in [-0.25, -0.2) is 70.6 Å².